The van der Waals surface area contributed by atoms with Crippen molar-refractivity contribution in [1.29, 1.82) is 0 Å². The number of likely N-dealkylation sites (tertiary alicyclic amines) is 1. The van der Waals surface area contributed by atoms with Crippen LogP contribution in [0.4, 0.5) is 0 Å². The molecule has 0 bridgehead atoms. The number of carbonyl (C=O) groups excluding carboxylic acids is 7. The van der Waals surface area contributed by atoms with Crippen molar-refractivity contribution >= 4 is 65.4 Å². The molecule has 9 N–H and O–H groups in total. The summed E-state index contributed by atoms with van der Waals surface area (Å²) < 4.78 is 0. The number of nitrogens with one attached hydrogen (secondary N) is 7. The predicted octanol–water partition coefficient (Wildman–Crippen LogP) is 3.25. The highest BCUT2D eigenvalue weighted by Gasteiger charge is 2.46. The summed E-state index contributed by atoms with van der Waals surface area (Å²) in [5.41, 5.74) is 5.12. The van der Waals surface area contributed by atoms with Crippen LogP contribution in [0, 0.1) is 22.7 Å². The number of nitrogens with zero attached hydrogens (tertiary/aromatic N) is 1. The molecular formula is C43H71Cl2N9O7. The summed E-state index contributed by atoms with van der Waals surface area (Å²) >= 11 is 11.7. The van der Waals surface area contributed by atoms with Crippen LogP contribution in [0.15, 0.2) is 24.3 Å². The third-order valence-electron chi connectivity index (χ3n) is 11.4. The first-order chi connectivity index (χ1) is 28.4. The highest BCUT2D eigenvalue weighted by molar-refractivity contribution is 6.15. The molecule has 1 aliphatic heterocycles. The Morgan fingerprint density at radius 2 is 1.46 bits per heavy atom. The van der Waals surface area contributed by atoms with Gasteiger partial charge in [0.25, 0.3) is 0 Å². The van der Waals surface area contributed by atoms with Gasteiger partial charge >= 0.3 is 0 Å². The van der Waals surface area contributed by atoms with Crippen LogP contribution in [-0.2, 0) is 40.0 Å². The number of hydrogen-bond donors (Lipinski definition) is 8. The average Bonchev–Trinajstić information content (AvgIpc) is 3.60. The standard InChI is InChI=1S/C42H68Cl2N8O6.CH3NO/c1-23(2)24(3)45-38(56)32-21-28(22-52(32)40(58)35(42(9,10)11)49-36(54)26(5)51-44)46-33(53)20-19-31(48-39(57)34(25(4)50-43)41(6,7)8)37(55)47-30-18-14-16-27-15-12-13-17-29(27)30;2-1-3/h12-13,15,17,23-26,28,30-32,34-35,50-51H,14,16,18-22H2,1-11H3,(H,45,56)(H,46,53)(H,47,55)(H,48,57)(H,49,54);1H,(H2,2,3)/t24?,25-,26+,28+,30?,31-,32+,34?,35?;/m1./s1. The van der Waals surface area contributed by atoms with E-state index in [1.165, 1.54) is 10.5 Å². The lowest BCUT2D eigenvalue weighted by atomic mass is 9.76. The molecule has 1 aliphatic carbocycles. The van der Waals surface area contributed by atoms with Gasteiger partial charge < -0.3 is 37.2 Å². The molecule has 0 saturated carbocycles. The van der Waals surface area contributed by atoms with Crippen molar-refractivity contribution < 1.29 is 33.6 Å². The zero-order valence-electron chi connectivity index (χ0n) is 37.7. The SMILES string of the molecule is CC(C)C(C)NC(=O)[C@@H]1C[C@H](NC(=O)CC[C@@H](NC(=O)C([C@@H](C)NCl)C(C)(C)C)C(=O)NC2CCCc3ccccc32)CN1C(=O)C(NC(=O)[C@H](C)NCl)C(C)(C)C.NC=O. The summed E-state index contributed by atoms with van der Waals surface area (Å²) in [7, 11) is 0. The van der Waals surface area contributed by atoms with Crippen LogP contribution < -0.4 is 42.0 Å². The Kier molecular flexibility index (Phi) is 20.9. The summed E-state index contributed by atoms with van der Waals surface area (Å²) in [5, 5.41) is 14.9. The topological polar surface area (TPSA) is 233 Å². The van der Waals surface area contributed by atoms with E-state index in [4.69, 9.17) is 28.3 Å². The largest absolute Gasteiger partial charge is 0.372 e. The van der Waals surface area contributed by atoms with E-state index >= 15 is 0 Å². The molecule has 2 aliphatic rings. The normalized spacial score (nSPS) is 20.6. The zero-order valence-corrected chi connectivity index (χ0v) is 39.3. The van der Waals surface area contributed by atoms with E-state index in [0.29, 0.717) is 0 Å². The lowest BCUT2D eigenvalue weighted by Gasteiger charge is -2.36. The molecule has 3 rings (SSSR count). The monoisotopic (exact) mass is 895 g/mol. The van der Waals surface area contributed by atoms with E-state index in [1.807, 2.05) is 80.5 Å². The number of primary amides is 1. The minimum atomic E-state index is -1.04. The maximum absolute atomic E-state index is 14.3. The molecule has 0 spiro atoms. The van der Waals surface area contributed by atoms with Gasteiger partial charge in [-0.2, -0.15) is 0 Å². The first-order valence-corrected chi connectivity index (χ1v) is 21.9. The summed E-state index contributed by atoms with van der Waals surface area (Å²) in [6, 6.07) is 2.76. The maximum Gasteiger partial charge on any atom is 0.246 e. The van der Waals surface area contributed by atoms with Gasteiger partial charge in [0.1, 0.15) is 18.1 Å². The highest BCUT2D eigenvalue weighted by Crippen LogP contribution is 2.32. The maximum atomic E-state index is 14.3. The molecule has 1 saturated heterocycles. The Bertz CT molecular complexity index is 1670. The fourth-order valence-corrected chi connectivity index (χ4v) is 7.99. The first-order valence-electron chi connectivity index (χ1n) is 21.2. The summed E-state index contributed by atoms with van der Waals surface area (Å²) in [4.78, 5) is 97.6. The summed E-state index contributed by atoms with van der Waals surface area (Å²) in [6.45, 7) is 20.4. The number of nitrogens with two attached hydrogens (primary N) is 1. The average molecular weight is 897 g/mol. The molecule has 61 heavy (non-hydrogen) atoms. The molecule has 1 fully saturated rings. The number of amides is 7. The van der Waals surface area contributed by atoms with Gasteiger partial charge in [0.15, 0.2) is 0 Å². The Morgan fingerprint density at radius 3 is 2.02 bits per heavy atom. The quantitative estimate of drug-likeness (QED) is 0.0846. The molecular weight excluding hydrogens is 825 g/mol. The van der Waals surface area contributed by atoms with Crippen molar-refractivity contribution in [1.82, 2.24) is 41.2 Å². The lowest BCUT2D eigenvalue weighted by molar-refractivity contribution is -0.144. The van der Waals surface area contributed by atoms with Crippen LogP contribution in [-0.4, -0.2) is 95.6 Å². The van der Waals surface area contributed by atoms with E-state index in [1.54, 1.807) is 13.8 Å². The second kappa shape index (κ2) is 24.0. The number of hydrogen-bond acceptors (Lipinski definition) is 9. The highest BCUT2D eigenvalue weighted by atomic mass is 35.5. The fourth-order valence-electron chi connectivity index (χ4n) is 7.77. The number of rotatable bonds is 17. The molecule has 9 atom stereocenters. The van der Waals surface area contributed by atoms with Gasteiger partial charge in [0.2, 0.25) is 41.9 Å². The predicted molar refractivity (Wildman–Crippen MR) is 237 cm³/mol. The number of benzene rings is 1. The molecule has 344 valence electrons. The minimum absolute atomic E-state index is 0.00652. The molecule has 0 radical (unpaired) electrons. The minimum Gasteiger partial charge on any atom is -0.372 e. The third kappa shape index (κ3) is 15.7. The van der Waals surface area contributed by atoms with Gasteiger partial charge in [-0.3, -0.25) is 33.6 Å². The number of aryl methyl sites for hydroxylation is 1. The Morgan fingerprint density at radius 1 is 0.836 bits per heavy atom. The van der Waals surface area contributed by atoms with Gasteiger partial charge in [0, 0.05) is 31.1 Å². The van der Waals surface area contributed by atoms with Gasteiger partial charge in [-0.25, -0.2) is 9.67 Å². The van der Waals surface area contributed by atoms with Crippen molar-refractivity contribution in [2.75, 3.05) is 6.54 Å². The van der Waals surface area contributed by atoms with Crippen molar-refractivity contribution in [2.45, 2.75) is 163 Å². The molecule has 1 aromatic rings. The Hall–Kier alpha value is -3.99. The van der Waals surface area contributed by atoms with Crippen LogP contribution >= 0.6 is 23.6 Å². The van der Waals surface area contributed by atoms with Crippen LogP contribution in [0.25, 0.3) is 0 Å². The first kappa shape index (κ1) is 53.1. The second-order valence-electron chi connectivity index (χ2n) is 18.8. The number of halogens is 2. The molecule has 7 amide bonds. The van der Waals surface area contributed by atoms with Crippen LogP contribution in [0.5, 0.6) is 0 Å². The summed E-state index contributed by atoms with van der Waals surface area (Å²) in [6.07, 6.45) is 2.81. The van der Waals surface area contributed by atoms with Crippen molar-refractivity contribution in [3.63, 3.8) is 0 Å². The van der Waals surface area contributed by atoms with Crippen LogP contribution in [0.1, 0.15) is 125 Å². The van der Waals surface area contributed by atoms with Gasteiger partial charge in [-0.05, 0) is 104 Å². The second-order valence-corrected chi connectivity index (χ2v) is 19.3. The number of fused-ring (bicyclic) bond motifs is 1. The van der Waals surface area contributed by atoms with E-state index in [9.17, 15) is 28.8 Å². The van der Waals surface area contributed by atoms with Gasteiger partial charge in [-0.15, -0.1) is 0 Å². The van der Waals surface area contributed by atoms with Crippen LogP contribution in [0.3, 0.4) is 0 Å². The van der Waals surface area contributed by atoms with E-state index in [0.717, 1.165) is 24.8 Å². The Balaban J connectivity index is 0.00000414. The van der Waals surface area contributed by atoms with Crippen molar-refractivity contribution in [2.24, 2.45) is 28.4 Å². The third-order valence-corrected chi connectivity index (χ3v) is 12.1. The summed E-state index contributed by atoms with van der Waals surface area (Å²) in [5.74, 6) is -2.97. The lowest BCUT2D eigenvalue weighted by Crippen LogP contribution is -2.59. The number of carbonyl (C=O) groups is 7. The van der Waals surface area contributed by atoms with Crippen LogP contribution in [0.2, 0.25) is 0 Å². The fraction of sp³-hybridized carbons (Fsp3) is 0.698. The molecule has 1 aromatic carbocycles. The molecule has 4 unspecified atom stereocenters. The van der Waals surface area contributed by atoms with Gasteiger partial charge in [0.05, 0.1) is 18.0 Å². The zero-order chi connectivity index (χ0) is 46.4. The molecule has 16 nitrogen and oxygen atoms in total. The molecule has 18 heteroatoms. The van der Waals surface area contributed by atoms with E-state index in [2.05, 4.69) is 48.1 Å². The van der Waals surface area contributed by atoms with Gasteiger partial charge in [-0.1, -0.05) is 79.7 Å². The van der Waals surface area contributed by atoms with E-state index < -0.39 is 76.6 Å². The molecule has 0 aromatic heterocycles. The smallest absolute Gasteiger partial charge is 0.246 e. The van der Waals surface area contributed by atoms with E-state index in [-0.39, 0.29) is 62.0 Å². The van der Waals surface area contributed by atoms with Crippen molar-refractivity contribution in [3.8, 4) is 0 Å². The molecule has 1 heterocycles. The Labute approximate surface area is 372 Å². The van der Waals surface area contributed by atoms with Crippen molar-refractivity contribution in [3.05, 3.63) is 35.4 Å².